The van der Waals surface area contributed by atoms with Gasteiger partial charge in [0.1, 0.15) is 6.04 Å². The first kappa shape index (κ1) is 7.69. The van der Waals surface area contributed by atoms with Crippen LogP contribution >= 0.6 is 0 Å². The Labute approximate surface area is 63.9 Å². The minimum Gasteiger partial charge on any atom is -0.359 e. The fourth-order valence-corrected chi connectivity index (χ4v) is 0.723. The third-order valence-electron chi connectivity index (χ3n) is 1.30. The lowest BCUT2D eigenvalue weighted by atomic mass is 10.2. The second-order valence-electron chi connectivity index (χ2n) is 2.27. The lowest BCUT2D eigenvalue weighted by Crippen LogP contribution is -1.84. The molecule has 4 nitrogen and oxygen atoms in total. The topological polar surface area (TPSA) is 55.5 Å². The average Bonchev–Trinajstić information content (AvgIpc) is 2.36. The number of rotatable bonds is 2. The molecular formula is C7H8N2O2. The summed E-state index contributed by atoms with van der Waals surface area (Å²) in [6.45, 7) is 3.55. The van der Waals surface area contributed by atoms with Crippen molar-refractivity contribution in [2.24, 2.45) is 4.99 Å². The van der Waals surface area contributed by atoms with Gasteiger partial charge >= 0.3 is 0 Å². The molecule has 1 atom stereocenters. The highest BCUT2D eigenvalue weighted by Crippen LogP contribution is 2.15. The Bertz CT molecular complexity index is 286. The minimum absolute atomic E-state index is 0.284. The molecule has 0 amide bonds. The van der Waals surface area contributed by atoms with Crippen LogP contribution in [-0.2, 0) is 4.79 Å². The molecule has 11 heavy (non-hydrogen) atoms. The highest BCUT2D eigenvalue weighted by molar-refractivity contribution is 5.34. The van der Waals surface area contributed by atoms with Crippen molar-refractivity contribution in [3.63, 3.8) is 0 Å². The number of isocyanates is 1. The summed E-state index contributed by atoms with van der Waals surface area (Å²) in [4.78, 5) is 13.3. The smallest absolute Gasteiger partial charge is 0.235 e. The van der Waals surface area contributed by atoms with Crippen LogP contribution in [0.2, 0.25) is 0 Å². The molecule has 1 aromatic rings. The molecule has 0 saturated heterocycles. The molecule has 1 aromatic heterocycles. The lowest BCUT2D eigenvalue weighted by Gasteiger charge is -1.93. The Hall–Kier alpha value is -1.41. The van der Waals surface area contributed by atoms with Crippen LogP contribution in [0.15, 0.2) is 15.6 Å². The van der Waals surface area contributed by atoms with Crippen molar-refractivity contribution >= 4 is 6.08 Å². The van der Waals surface area contributed by atoms with Gasteiger partial charge in [-0.15, -0.1) is 0 Å². The highest BCUT2D eigenvalue weighted by atomic mass is 16.5. The van der Waals surface area contributed by atoms with Crippen molar-refractivity contribution in [3.8, 4) is 0 Å². The second kappa shape index (κ2) is 3.12. The molecule has 0 aliphatic rings. The van der Waals surface area contributed by atoms with E-state index in [-0.39, 0.29) is 6.04 Å². The summed E-state index contributed by atoms with van der Waals surface area (Å²) < 4.78 is 4.86. The summed E-state index contributed by atoms with van der Waals surface area (Å²) in [6.07, 6.45) is 1.46. The average molecular weight is 152 g/mol. The Kier molecular flexibility index (Phi) is 2.18. The van der Waals surface area contributed by atoms with Crippen molar-refractivity contribution in [1.29, 1.82) is 0 Å². The second-order valence-corrected chi connectivity index (χ2v) is 2.27. The molecular weight excluding hydrogens is 144 g/mol. The van der Waals surface area contributed by atoms with Crippen LogP contribution in [-0.4, -0.2) is 11.2 Å². The number of hydrogen-bond acceptors (Lipinski definition) is 4. The first-order valence-corrected chi connectivity index (χ1v) is 3.24. The Balaban J connectivity index is 2.84. The molecule has 0 aliphatic heterocycles. The fourth-order valence-electron chi connectivity index (χ4n) is 0.723. The van der Waals surface area contributed by atoms with Gasteiger partial charge in [-0.2, -0.15) is 4.99 Å². The van der Waals surface area contributed by atoms with Crippen molar-refractivity contribution in [1.82, 2.24) is 5.16 Å². The SMILES string of the molecule is Cc1cc(C(C)N=C=O)on1. The Morgan fingerprint density at radius 1 is 1.82 bits per heavy atom. The van der Waals surface area contributed by atoms with Gasteiger partial charge in [-0.25, -0.2) is 4.79 Å². The molecule has 0 fully saturated rings. The monoisotopic (exact) mass is 152 g/mol. The first-order valence-electron chi connectivity index (χ1n) is 3.24. The number of aromatic nitrogens is 1. The standard InChI is InChI=1S/C7H8N2O2/c1-5-3-7(11-9-5)6(2)8-4-10/h3,6H,1-2H3. The van der Waals surface area contributed by atoms with Gasteiger partial charge in [0.2, 0.25) is 6.08 Å². The van der Waals surface area contributed by atoms with Gasteiger partial charge in [-0.05, 0) is 13.8 Å². The predicted octanol–water partition coefficient (Wildman–Crippen LogP) is 1.38. The maximum atomic E-state index is 9.84. The van der Waals surface area contributed by atoms with Crippen molar-refractivity contribution < 1.29 is 9.32 Å². The summed E-state index contributed by atoms with van der Waals surface area (Å²) in [5, 5.41) is 3.66. The van der Waals surface area contributed by atoms with E-state index < -0.39 is 0 Å². The maximum absolute atomic E-state index is 9.84. The zero-order valence-corrected chi connectivity index (χ0v) is 6.37. The van der Waals surface area contributed by atoms with Crippen molar-refractivity contribution in [3.05, 3.63) is 17.5 Å². The van der Waals surface area contributed by atoms with E-state index in [1.807, 2.05) is 6.92 Å². The van der Waals surface area contributed by atoms with Gasteiger partial charge in [0.25, 0.3) is 0 Å². The summed E-state index contributed by atoms with van der Waals surface area (Å²) in [5.74, 6) is 0.589. The lowest BCUT2D eigenvalue weighted by molar-refractivity contribution is 0.364. The molecule has 0 aliphatic carbocycles. The minimum atomic E-state index is -0.284. The fraction of sp³-hybridized carbons (Fsp3) is 0.429. The van der Waals surface area contributed by atoms with E-state index in [9.17, 15) is 4.79 Å². The molecule has 0 bridgehead atoms. The van der Waals surface area contributed by atoms with Crippen LogP contribution in [0.1, 0.15) is 24.4 Å². The van der Waals surface area contributed by atoms with E-state index in [1.54, 1.807) is 13.0 Å². The highest BCUT2D eigenvalue weighted by Gasteiger charge is 2.08. The molecule has 1 rings (SSSR count). The molecule has 4 heteroatoms. The summed E-state index contributed by atoms with van der Waals surface area (Å²) in [7, 11) is 0. The molecule has 0 N–H and O–H groups in total. The van der Waals surface area contributed by atoms with Gasteiger partial charge in [0, 0.05) is 6.07 Å². The summed E-state index contributed by atoms with van der Waals surface area (Å²) in [5.41, 5.74) is 0.785. The zero-order valence-electron chi connectivity index (χ0n) is 6.37. The van der Waals surface area contributed by atoms with E-state index in [2.05, 4.69) is 10.1 Å². The van der Waals surface area contributed by atoms with Gasteiger partial charge in [-0.3, -0.25) is 0 Å². The maximum Gasteiger partial charge on any atom is 0.235 e. The molecule has 1 heterocycles. The van der Waals surface area contributed by atoms with Crippen LogP contribution in [0, 0.1) is 6.92 Å². The number of aryl methyl sites for hydroxylation is 1. The number of carbonyl (C=O) groups excluding carboxylic acids is 1. The van der Waals surface area contributed by atoms with Crippen LogP contribution in [0.3, 0.4) is 0 Å². The molecule has 1 unspecified atom stereocenters. The van der Waals surface area contributed by atoms with Crippen LogP contribution in [0.4, 0.5) is 0 Å². The zero-order chi connectivity index (χ0) is 8.27. The van der Waals surface area contributed by atoms with Crippen molar-refractivity contribution in [2.45, 2.75) is 19.9 Å². The predicted molar refractivity (Wildman–Crippen MR) is 37.8 cm³/mol. The van der Waals surface area contributed by atoms with Gasteiger partial charge < -0.3 is 4.52 Å². The van der Waals surface area contributed by atoms with E-state index in [1.165, 1.54) is 6.08 Å². The number of hydrogen-bond donors (Lipinski definition) is 0. The molecule has 0 saturated carbocycles. The number of aliphatic imine (C=N–C) groups is 1. The summed E-state index contributed by atoms with van der Waals surface area (Å²) >= 11 is 0. The molecule has 0 radical (unpaired) electrons. The van der Waals surface area contributed by atoms with Crippen molar-refractivity contribution in [2.75, 3.05) is 0 Å². The number of nitrogens with zero attached hydrogens (tertiary/aromatic N) is 2. The molecule has 0 aromatic carbocycles. The van der Waals surface area contributed by atoms with Crippen LogP contribution in [0.5, 0.6) is 0 Å². The van der Waals surface area contributed by atoms with Crippen LogP contribution < -0.4 is 0 Å². The first-order chi connectivity index (χ1) is 5.24. The Morgan fingerprint density at radius 2 is 2.55 bits per heavy atom. The van der Waals surface area contributed by atoms with E-state index in [0.29, 0.717) is 5.76 Å². The van der Waals surface area contributed by atoms with E-state index in [4.69, 9.17) is 4.52 Å². The normalized spacial score (nSPS) is 12.2. The third kappa shape index (κ3) is 1.75. The Morgan fingerprint density at radius 3 is 3.00 bits per heavy atom. The van der Waals surface area contributed by atoms with Gasteiger partial charge in [0.05, 0.1) is 5.69 Å². The third-order valence-corrected chi connectivity index (χ3v) is 1.30. The largest absolute Gasteiger partial charge is 0.359 e. The quantitative estimate of drug-likeness (QED) is 0.475. The van der Waals surface area contributed by atoms with E-state index >= 15 is 0 Å². The van der Waals surface area contributed by atoms with Gasteiger partial charge in [0.15, 0.2) is 5.76 Å². The molecule has 0 spiro atoms. The molecule has 58 valence electrons. The van der Waals surface area contributed by atoms with E-state index in [0.717, 1.165) is 5.69 Å². The van der Waals surface area contributed by atoms with Crippen LogP contribution in [0.25, 0.3) is 0 Å². The van der Waals surface area contributed by atoms with Gasteiger partial charge in [-0.1, -0.05) is 5.16 Å². The summed E-state index contributed by atoms with van der Waals surface area (Å²) in [6, 6.07) is 1.46.